The first-order valence-corrected chi connectivity index (χ1v) is 5.26. The van der Waals surface area contributed by atoms with Crippen molar-refractivity contribution in [1.29, 1.82) is 0 Å². The Bertz CT molecular complexity index is 238. The van der Waals surface area contributed by atoms with E-state index in [9.17, 15) is 0 Å². The van der Waals surface area contributed by atoms with Gasteiger partial charge in [0, 0.05) is 5.33 Å². The molecule has 0 aliphatic rings. The van der Waals surface area contributed by atoms with Gasteiger partial charge < -0.3 is 0 Å². The molecular formula is C11H13Br. The van der Waals surface area contributed by atoms with E-state index in [1.54, 1.807) is 0 Å². The number of halogens is 1. The Morgan fingerprint density at radius 2 is 1.92 bits per heavy atom. The number of alkyl halides is 1. The summed E-state index contributed by atoms with van der Waals surface area (Å²) in [4.78, 5) is 0. The molecule has 64 valence electrons. The number of hydrogen-bond donors (Lipinski definition) is 0. The van der Waals surface area contributed by atoms with E-state index < -0.39 is 0 Å². The summed E-state index contributed by atoms with van der Waals surface area (Å²) in [5, 5.41) is 1.05. The van der Waals surface area contributed by atoms with Gasteiger partial charge in [-0.05, 0) is 24.0 Å². The minimum atomic E-state index is 1.05. The lowest BCUT2D eigenvalue weighted by atomic mass is 10.0. The second kappa shape index (κ2) is 5.15. The number of allylic oxidation sites excluding steroid dienone is 1. The Labute approximate surface area is 82.4 Å². The van der Waals surface area contributed by atoms with E-state index in [4.69, 9.17) is 0 Å². The second-order valence-electron chi connectivity index (χ2n) is 2.76. The first-order valence-electron chi connectivity index (χ1n) is 4.14. The van der Waals surface area contributed by atoms with Crippen molar-refractivity contribution < 1.29 is 0 Å². The molecule has 0 bridgehead atoms. The Balaban J connectivity index is 2.54. The molecule has 0 saturated carbocycles. The molecule has 12 heavy (non-hydrogen) atoms. The van der Waals surface area contributed by atoms with Gasteiger partial charge in [-0.15, -0.1) is 0 Å². The van der Waals surface area contributed by atoms with Crippen molar-refractivity contribution in [3.63, 3.8) is 0 Å². The summed E-state index contributed by atoms with van der Waals surface area (Å²) < 4.78 is 0. The summed E-state index contributed by atoms with van der Waals surface area (Å²) in [6.07, 6.45) is 2.24. The van der Waals surface area contributed by atoms with Gasteiger partial charge in [-0.3, -0.25) is 0 Å². The van der Waals surface area contributed by atoms with Crippen LogP contribution in [0.3, 0.4) is 0 Å². The molecule has 1 aromatic carbocycles. The normalized spacial score (nSPS) is 9.75. The van der Waals surface area contributed by atoms with Gasteiger partial charge in [0.2, 0.25) is 0 Å². The van der Waals surface area contributed by atoms with Crippen LogP contribution in [0.1, 0.15) is 18.4 Å². The smallest absolute Gasteiger partial charge is 0.00344 e. The summed E-state index contributed by atoms with van der Waals surface area (Å²) in [7, 11) is 0. The molecule has 0 aliphatic heterocycles. The zero-order valence-corrected chi connectivity index (χ0v) is 8.68. The summed E-state index contributed by atoms with van der Waals surface area (Å²) >= 11 is 3.41. The minimum Gasteiger partial charge on any atom is -0.0952 e. The van der Waals surface area contributed by atoms with Gasteiger partial charge in [0.05, 0.1) is 0 Å². The fourth-order valence-corrected chi connectivity index (χ4v) is 1.38. The molecular weight excluding hydrogens is 212 g/mol. The number of rotatable bonds is 4. The zero-order valence-electron chi connectivity index (χ0n) is 7.09. The molecule has 1 heteroatoms. The topological polar surface area (TPSA) is 0 Å². The third-order valence-corrected chi connectivity index (χ3v) is 2.35. The summed E-state index contributed by atoms with van der Waals surface area (Å²) in [6, 6.07) is 10.3. The lowest BCUT2D eigenvalue weighted by molar-refractivity contribution is 0.996. The molecule has 0 spiro atoms. The first kappa shape index (κ1) is 9.53. The van der Waals surface area contributed by atoms with Gasteiger partial charge in [-0.25, -0.2) is 0 Å². The average Bonchev–Trinajstić information content (AvgIpc) is 2.15. The number of benzene rings is 1. The van der Waals surface area contributed by atoms with Gasteiger partial charge in [0.25, 0.3) is 0 Å². The third-order valence-electron chi connectivity index (χ3n) is 1.79. The van der Waals surface area contributed by atoms with E-state index in [-0.39, 0.29) is 0 Å². The lowest BCUT2D eigenvalue weighted by Gasteiger charge is -2.03. The van der Waals surface area contributed by atoms with E-state index in [1.807, 2.05) is 6.07 Å². The van der Waals surface area contributed by atoms with Crippen molar-refractivity contribution in [2.24, 2.45) is 0 Å². The maximum atomic E-state index is 4.04. The van der Waals surface area contributed by atoms with E-state index in [1.165, 1.54) is 11.1 Å². The van der Waals surface area contributed by atoms with Gasteiger partial charge in [0.1, 0.15) is 0 Å². The van der Waals surface area contributed by atoms with Crippen LogP contribution in [-0.4, -0.2) is 5.33 Å². The molecule has 0 N–H and O–H groups in total. The van der Waals surface area contributed by atoms with Crippen LogP contribution in [0.4, 0.5) is 0 Å². The molecule has 0 fully saturated rings. The summed E-state index contributed by atoms with van der Waals surface area (Å²) in [5.74, 6) is 0. The largest absolute Gasteiger partial charge is 0.0952 e. The van der Waals surface area contributed by atoms with Crippen molar-refractivity contribution in [1.82, 2.24) is 0 Å². The van der Waals surface area contributed by atoms with Crippen LogP contribution >= 0.6 is 15.9 Å². The van der Waals surface area contributed by atoms with Crippen LogP contribution in [0, 0.1) is 0 Å². The standard InChI is InChI=1S/C11H13Br/c1-10(6-5-9-12)11-7-3-2-4-8-11/h2-4,7-8H,1,5-6,9H2. The molecule has 0 radical (unpaired) electrons. The van der Waals surface area contributed by atoms with Crippen LogP contribution in [0.5, 0.6) is 0 Å². The van der Waals surface area contributed by atoms with Crippen molar-refractivity contribution in [2.75, 3.05) is 5.33 Å². The highest BCUT2D eigenvalue weighted by atomic mass is 79.9. The van der Waals surface area contributed by atoms with Gasteiger partial charge in [-0.1, -0.05) is 52.8 Å². The highest BCUT2D eigenvalue weighted by Gasteiger charge is 1.95. The molecule has 1 aromatic rings. The fraction of sp³-hybridized carbons (Fsp3) is 0.273. The number of hydrogen-bond acceptors (Lipinski definition) is 0. The first-order chi connectivity index (χ1) is 5.84. The van der Waals surface area contributed by atoms with E-state index in [0.29, 0.717) is 0 Å². The van der Waals surface area contributed by atoms with E-state index >= 15 is 0 Å². The maximum absolute atomic E-state index is 4.04. The van der Waals surface area contributed by atoms with Crippen LogP contribution in [0.15, 0.2) is 36.9 Å². The summed E-state index contributed by atoms with van der Waals surface area (Å²) in [6.45, 7) is 4.04. The highest BCUT2D eigenvalue weighted by molar-refractivity contribution is 9.09. The minimum absolute atomic E-state index is 1.05. The van der Waals surface area contributed by atoms with Crippen molar-refractivity contribution in [2.45, 2.75) is 12.8 Å². The Morgan fingerprint density at radius 1 is 1.25 bits per heavy atom. The molecule has 0 amide bonds. The molecule has 0 saturated heterocycles. The zero-order chi connectivity index (χ0) is 8.81. The molecule has 0 unspecified atom stereocenters. The van der Waals surface area contributed by atoms with Gasteiger partial charge in [-0.2, -0.15) is 0 Å². The van der Waals surface area contributed by atoms with Gasteiger partial charge >= 0.3 is 0 Å². The molecule has 0 atom stereocenters. The van der Waals surface area contributed by atoms with Crippen molar-refractivity contribution in [3.8, 4) is 0 Å². The molecule has 1 rings (SSSR count). The molecule has 0 heterocycles. The Kier molecular flexibility index (Phi) is 4.09. The molecule has 0 aromatic heterocycles. The van der Waals surface area contributed by atoms with Gasteiger partial charge in [0.15, 0.2) is 0 Å². The van der Waals surface area contributed by atoms with E-state index in [2.05, 4.69) is 46.8 Å². The fourth-order valence-electron chi connectivity index (χ4n) is 1.10. The maximum Gasteiger partial charge on any atom is 0.00344 e. The van der Waals surface area contributed by atoms with Crippen molar-refractivity contribution in [3.05, 3.63) is 42.5 Å². The molecule has 0 nitrogen and oxygen atoms in total. The lowest BCUT2D eigenvalue weighted by Crippen LogP contribution is -1.83. The van der Waals surface area contributed by atoms with Crippen LogP contribution in [0.25, 0.3) is 5.57 Å². The quantitative estimate of drug-likeness (QED) is 0.682. The monoisotopic (exact) mass is 224 g/mol. The predicted molar refractivity (Wildman–Crippen MR) is 58.5 cm³/mol. The summed E-state index contributed by atoms with van der Waals surface area (Å²) in [5.41, 5.74) is 2.49. The van der Waals surface area contributed by atoms with Crippen molar-refractivity contribution >= 4 is 21.5 Å². The van der Waals surface area contributed by atoms with Crippen LogP contribution < -0.4 is 0 Å². The predicted octanol–water partition coefficient (Wildman–Crippen LogP) is 3.87. The second-order valence-corrected chi connectivity index (χ2v) is 3.56. The van der Waals surface area contributed by atoms with Crippen LogP contribution in [0.2, 0.25) is 0 Å². The SMILES string of the molecule is C=C(CCCBr)c1ccccc1. The Hall–Kier alpha value is -0.560. The van der Waals surface area contributed by atoms with E-state index in [0.717, 1.165) is 18.2 Å². The molecule has 0 aliphatic carbocycles. The van der Waals surface area contributed by atoms with Crippen LogP contribution in [-0.2, 0) is 0 Å². The highest BCUT2D eigenvalue weighted by Crippen LogP contribution is 2.17. The average molecular weight is 225 g/mol. The Morgan fingerprint density at radius 3 is 2.50 bits per heavy atom. The third kappa shape index (κ3) is 2.82.